The first-order valence-electron chi connectivity index (χ1n) is 18.0. The molecule has 2 amide bonds. The van der Waals surface area contributed by atoms with E-state index in [1.807, 2.05) is 6.20 Å². The van der Waals surface area contributed by atoms with Crippen LogP contribution in [0.4, 0.5) is 10.5 Å². The Morgan fingerprint density at radius 1 is 0.875 bits per heavy atom. The van der Waals surface area contributed by atoms with Crippen molar-refractivity contribution >= 4 is 17.7 Å². The summed E-state index contributed by atoms with van der Waals surface area (Å²) in [4.78, 5) is 30.8. The molecule has 4 aliphatic rings. The summed E-state index contributed by atoms with van der Waals surface area (Å²) in [6, 6.07) is 15.6. The van der Waals surface area contributed by atoms with Gasteiger partial charge in [0.1, 0.15) is 11.9 Å². The second-order valence-corrected chi connectivity index (χ2v) is 14.5. The number of carbonyl (C=O) groups is 2. The highest BCUT2D eigenvalue weighted by molar-refractivity contribution is 5.95. The van der Waals surface area contributed by atoms with E-state index in [2.05, 4.69) is 70.3 Å². The summed E-state index contributed by atoms with van der Waals surface area (Å²) >= 11 is 0. The lowest BCUT2D eigenvalue weighted by molar-refractivity contribution is -0.124. The van der Waals surface area contributed by atoms with Crippen LogP contribution in [0.1, 0.15) is 87.3 Å². The van der Waals surface area contributed by atoms with Gasteiger partial charge in [-0.3, -0.25) is 9.48 Å². The van der Waals surface area contributed by atoms with Crippen molar-refractivity contribution in [3.63, 3.8) is 0 Å². The topological polar surface area (TPSA) is 86.1 Å². The fourth-order valence-electron chi connectivity index (χ4n) is 7.90. The molecule has 3 saturated carbocycles. The van der Waals surface area contributed by atoms with E-state index in [0.717, 1.165) is 67.6 Å². The molecule has 4 fully saturated rings. The van der Waals surface area contributed by atoms with Gasteiger partial charge in [0.15, 0.2) is 0 Å². The highest BCUT2D eigenvalue weighted by Crippen LogP contribution is 2.40. The standard InChI is InChI=1S/C39H50N4O5/c1-26-19-31(13-18-37(26)47-3)28-9-7-27(8-10-28)22-42(34-6-4-5-30(20-34)32-21-40-43(23-32)33-14-15-33)38(44)29-11-16-35(17-12-29)48-39(45)41-24-36(25-41)46-2/h4-6,13,18-21,23,27-29,33,35-36H,7-12,14-17,22,24-25H2,1-3H3/t27-,28-,29-,35-. The Balaban J connectivity index is 1.03. The van der Waals surface area contributed by atoms with Gasteiger partial charge in [0.25, 0.3) is 0 Å². The van der Waals surface area contributed by atoms with E-state index in [1.54, 1.807) is 19.1 Å². The molecule has 0 unspecified atom stereocenters. The van der Waals surface area contributed by atoms with Crippen LogP contribution in [0.5, 0.6) is 5.75 Å². The maximum absolute atomic E-state index is 14.4. The maximum Gasteiger partial charge on any atom is 0.410 e. The van der Waals surface area contributed by atoms with Gasteiger partial charge in [0, 0.05) is 37.0 Å². The summed E-state index contributed by atoms with van der Waals surface area (Å²) in [5, 5.41) is 4.62. The second-order valence-electron chi connectivity index (χ2n) is 14.5. The zero-order chi connectivity index (χ0) is 33.2. The predicted molar refractivity (Wildman–Crippen MR) is 185 cm³/mol. The number of amides is 2. The van der Waals surface area contributed by atoms with Crippen molar-refractivity contribution in [3.05, 3.63) is 66.0 Å². The van der Waals surface area contributed by atoms with Crippen molar-refractivity contribution in [2.45, 2.75) is 95.3 Å². The Hall–Kier alpha value is -3.85. The molecule has 1 aromatic heterocycles. The lowest BCUT2D eigenvalue weighted by Gasteiger charge is -2.39. The molecule has 1 aliphatic heterocycles. The molecule has 7 rings (SSSR count). The Kier molecular flexibility index (Phi) is 9.76. The number of hydrogen-bond donors (Lipinski definition) is 0. The summed E-state index contributed by atoms with van der Waals surface area (Å²) in [5.74, 6) is 2.03. The van der Waals surface area contributed by atoms with E-state index in [9.17, 15) is 9.59 Å². The minimum Gasteiger partial charge on any atom is -0.496 e. The van der Waals surface area contributed by atoms with E-state index in [0.29, 0.717) is 43.8 Å². The van der Waals surface area contributed by atoms with Crippen molar-refractivity contribution in [3.8, 4) is 16.9 Å². The van der Waals surface area contributed by atoms with Crippen LogP contribution in [0.25, 0.3) is 11.1 Å². The number of nitrogens with zero attached hydrogens (tertiary/aromatic N) is 4. The number of carbonyl (C=O) groups excluding carboxylic acids is 2. The molecule has 0 radical (unpaired) electrons. The number of hydrogen-bond acceptors (Lipinski definition) is 6. The molecule has 0 atom stereocenters. The van der Waals surface area contributed by atoms with Crippen molar-refractivity contribution in [2.24, 2.45) is 11.8 Å². The predicted octanol–water partition coefficient (Wildman–Crippen LogP) is 7.54. The molecular formula is C39H50N4O5. The summed E-state index contributed by atoms with van der Waals surface area (Å²) in [5.41, 5.74) is 5.72. The van der Waals surface area contributed by atoms with E-state index >= 15 is 0 Å². The Morgan fingerprint density at radius 2 is 1.65 bits per heavy atom. The minimum absolute atomic E-state index is 0.0817. The third kappa shape index (κ3) is 7.26. The molecule has 0 bridgehead atoms. The number of methoxy groups -OCH3 is 2. The smallest absolute Gasteiger partial charge is 0.410 e. The molecule has 1 saturated heterocycles. The number of ether oxygens (including phenoxy) is 3. The summed E-state index contributed by atoms with van der Waals surface area (Å²) in [6.45, 7) is 4.01. The van der Waals surface area contributed by atoms with Crippen LogP contribution in [-0.2, 0) is 14.3 Å². The SMILES string of the molecule is COc1ccc([C@H]2CC[C@H](CN(c3cccc(-c4cnn(C5CC5)c4)c3)C(=O)[C@H]3CC[C@H](OC(=O)N4CC(OC)C4)CC3)CC2)cc1C. The van der Waals surface area contributed by atoms with E-state index in [1.165, 1.54) is 24.0 Å². The zero-order valence-electron chi connectivity index (χ0n) is 28.7. The molecular weight excluding hydrogens is 604 g/mol. The third-order valence-electron chi connectivity index (χ3n) is 11.2. The van der Waals surface area contributed by atoms with Crippen LogP contribution in [0.15, 0.2) is 54.9 Å². The highest BCUT2D eigenvalue weighted by atomic mass is 16.6. The van der Waals surface area contributed by atoms with Gasteiger partial charge in [0.2, 0.25) is 5.91 Å². The molecule has 256 valence electrons. The molecule has 0 N–H and O–H groups in total. The Labute approximate surface area is 284 Å². The first kappa shape index (κ1) is 32.7. The van der Waals surface area contributed by atoms with Crippen molar-refractivity contribution < 1.29 is 23.8 Å². The number of aryl methyl sites for hydroxylation is 1. The normalized spacial score (nSPS) is 24.5. The van der Waals surface area contributed by atoms with Crippen LogP contribution in [0.2, 0.25) is 0 Å². The van der Waals surface area contributed by atoms with Crippen molar-refractivity contribution in [2.75, 3.05) is 38.8 Å². The number of rotatable bonds is 10. The van der Waals surface area contributed by atoms with E-state index in [4.69, 9.17) is 14.2 Å². The van der Waals surface area contributed by atoms with Gasteiger partial charge in [-0.05, 0) is 118 Å². The average Bonchev–Trinajstić information content (AvgIpc) is 3.82. The zero-order valence-corrected chi connectivity index (χ0v) is 28.7. The Morgan fingerprint density at radius 3 is 2.33 bits per heavy atom. The minimum atomic E-state index is -0.262. The molecule has 48 heavy (non-hydrogen) atoms. The quantitative estimate of drug-likeness (QED) is 0.225. The highest BCUT2D eigenvalue weighted by Gasteiger charge is 2.36. The van der Waals surface area contributed by atoms with Crippen LogP contribution in [0, 0.1) is 18.8 Å². The second kappa shape index (κ2) is 14.3. The van der Waals surface area contributed by atoms with Crippen LogP contribution in [0.3, 0.4) is 0 Å². The Bertz CT molecular complexity index is 1580. The number of anilines is 1. The van der Waals surface area contributed by atoms with Crippen molar-refractivity contribution in [1.82, 2.24) is 14.7 Å². The van der Waals surface area contributed by atoms with Gasteiger partial charge in [-0.25, -0.2) is 4.79 Å². The first-order valence-corrected chi connectivity index (χ1v) is 18.0. The van der Waals surface area contributed by atoms with Gasteiger partial charge in [0.05, 0.1) is 38.5 Å². The van der Waals surface area contributed by atoms with Gasteiger partial charge in [-0.2, -0.15) is 5.10 Å². The van der Waals surface area contributed by atoms with Gasteiger partial charge >= 0.3 is 6.09 Å². The first-order chi connectivity index (χ1) is 23.4. The molecule has 0 spiro atoms. The number of benzene rings is 2. The molecule has 9 nitrogen and oxygen atoms in total. The van der Waals surface area contributed by atoms with Crippen LogP contribution < -0.4 is 9.64 Å². The van der Waals surface area contributed by atoms with Gasteiger partial charge in [-0.15, -0.1) is 0 Å². The largest absolute Gasteiger partial charge is 0.496 e. The molecule has 3 aromatic rings. The molecule has 2 aromatic carbocycles. The summed E-state index contributed by atoms with van der Waals surface area (Å²) < 4.78 is 18.7. The van der Waals surface area contributed by atoms with Gasteiger partial charge in [-0.1, -0.05) is 24.3 Å². The maximum atomic E-state index is 14.4. The van der Waals surface area contributed by atoms with E-state index < -0.39 is 0 Å². The van der Waals surface area contributed by atoms with Crippen molar-refractivity contribution in [1.29, 1.82) is 0 Å². The van der Waals surface area contributed by atoms with Gasteiger partial charge < -0.3 is 24.0 Å². The summed E-state index contributed by atoms with van der Waals surface area (Å²) in [7, 11) is 3.39. The monoisotopic (exact) mass is 654 g/mol. The molecule has 2 heterocycles. The lowest BCUT2D eigenvalue weighted by atomic mass is 9.78. The summed E-state index contributed by atoms with van der Waals surface area (Å²) in [6.07, 6.45) is 13.5. The number of aromatic nitrogens is 2. The fraction of sp³-hybridized carbons (Fsp3) is 0.564. The average molecular weight is 655 g/mol. The third-order valence-corrected chi connectivity index (χ3v) is 11.2. The fourth-order valence-corrected chi connectivity index (χ4v) is 7.90. The van der Waals surface area contributed by atoms with Crippen LogP contribution in [-0.4, -0.2) is 72.7 Å². The van der Waals surface area contributed by atoms with Crippen LogP contribution >= 0.6 is 0 Å². The molecule has 3 aliphatic carbocycles. The van der Waals surface area contributed by atoms with E-state index in [-0.39, 0.29) is 30.1 Å². The lowest BCUT2D eigenvalue weighted by Crippen LogP contribution is -2.55. The number of likely N-dealkylation sites (tertiary alicyclic amines) is 1. The molecule has 9 heteroatoms.